The van der Waals surface area contributed by atoms with Crippen molar-refractivity contribution in [1.82, 2.24) is 5.32 Å². The van der Waals surface area contributed by atoms with E-state index < -0.39 is 0 Å². The van der Waals surface area contributed by atoms with Crippen LogP contribution in [0.1, 0.15) is 65.2 Å². The fraction of sp³-hybridized carbons (Fsp3) is 1.00. The molecule has 1 fully saturated rings. The van der Waals surface area contributed by atoms with E-state index in [-0.39, 0.29) is 0 Å². The maximum atomic E-state index is 3.59. The number of unbranched alkanes of at least 4 members (excludes halogenated alkanes) is 3. The maximum Gasteiger partial charge on any atom is -0.00205 e. The van der Waals surface area contributed by atoms with E-state index in [0.717, 1.165) is 11.8 Å². The highest BCUT2D eigenvalue weighted by atomic mass is 14.9. The Morgan fingerprint density at radius 3 is 2.40 bits per heavy atom. The second kappa shape index (κ2) is 8.15. The first-order valence-electron chi connectivity index (χ1n) is 6.99. The van der Waals surface area contributed by atoms with Crippen LogP contribution in [0.4, 0.5) is 0 Å². The zero-order valence-corrected chi connectivity index (χ0v) is 10.7. The van der Waals surface area contributed by atoms with E-state index in [4.69, 9.17) is 0 Å². The maximum absolute atomic E-state index is 3.59. The average Bonchev–Trinajstić information content (AvgIpc) is 2.12. The first kappa shape index (κ1) is 13.0. The Morgan fingerprint density at radius 2 is 1.80 bits per heavy atom. The van der Waals surface area contributed by atoms with Crippen LogP contribution in [0.25, 0.3) is 0 Å². The van der Waals surface area contributed by atoms with Crippen LogP contribution in [-0.4, -0.2) is 13.1 Å². The molecule has 0 unspecified atom stereocenters. The van der Waals surface area contributed by atoms with Gasteiger partial charge in [-0.05, 0) is 44.2 Å². The molecule has 0 heterocycles. The van der Waals surface area contributed by atoms with Gasteiger partial charge in [0.1, 0.15) is 0 Å². The SMILES string of the molecule is CC(C)CCCCCCNCC1CCC1. The molecule has 15 heavy (non-hydrogen) atoms. The molecule has 90 valence electrons. The van der Waals surface area contributed by atoms with Gasteiger partial charge in [0.2, 0.25) is 0 Å². The van der Waals surface area contributed by atoms with Crippen LogP contribution in [0.2, 0.25) is 0 Å². The summed E-state index contributed by atoms with van der Waals surface area (Å²) in [6, 6.07) is 0. The standard InChI is InChI=1S/C14H29N/c1-13(2)8-5-3-4-6-11-15-12-14-9-7-10-14/h13-15H,3-12H2,1-2H3. The van der Waals surface area contributed by atoms with E-state index in [9.17, 15) is 0 Å². The number of rotatable bonds is 9. The van der Waals surface area contributed by atoms with E-state index in [1.165, 1.54) is 64.5 Å². The van der Waals surface area contributed by atoms with E-state index in [1.807, 2.05) is 0 Å². The minimum Gasteiger partial charge on any atom is -0.316 e. The van der Waals surface area contributed by atoms with Crippen LogP contribution < -0.4 is 5.32 Å². The van der Waals surface area contributed by atoms with Crippen molar-refractivity contribution < 1.29 is 0 Å². The lowest BCUT2D eigenvalue weighted by Gasteiger charge is -2.25. The van der Waals surface area contributed by atoms with Crippen LogP contribution >= 0.6 is 0 Å². The molecule has 0 aromatic rings. The topological polar surface area (TPSA) is 12.0 Å². The summed E-state index contributed by atoms with van der Waals surface area (Å²) in [7, 11) is 0. The molecule has 0 saturated heterocycles. The number of hydrogen-bond acceptors (Lipinski definition) is 1. The quantitative estimate of drug-likeness (QED) is 0.569. The van der Waals surface area contributed by atoms with Crippen molar-refractivity contribution in [1.29, 1.82) is 0 Å². The van der Waals surface area contributed by atoms with Gasteiger partial charge in [0.25, 0.3) is 0 Å². The molecule has 0 aromatic carbocycles. The van der Waals surface area contributed by atoms with Crippen molar-refractivity contribution in [3.05, 3.63) is 0 Å². The third-order valence-electron chi connectivity index (χ3n) is 3.54. The first-order valence-corrected chi connectivity index (χ1v) is 6.99. The molecular formula is C14H29N. The summed E-state index contributed by atoms with van der Waals surface area (Å²) in [5, 5.41) is 3.59. The van der Waals surface area contributed by atoms with Gasteiger partial charge in [0.15, 0.2) is 0 Å². The number of hydrogen-bond donors (Lipinski definition) is 1. The summed E-state index contributed by atoms with van der Waals surface area (Å²) >= 11 is 0. The van der Waals surface area contributed by atoms with Crippen molar-refractivity contribution in [3.8, 4) is 0 Å². The second-order valence-corrected chi connectivity index (χ2v) is 5.60. The summed E-state index contributed by atoms with van der Waals surface area (Å²) in [6.45, 7) is 7.17. The van der Waals surface area contributed by atoms with Crippen LogP contribution in [0, 0.1) is 11.8 Å². The molecule has 1 rings (SSSR count). The van der Waals surface area contributed by atoms with Crippen molar-refractivity contribution in [2.45, 2.75) is 65.2 Å². The predicted molar refractivity (Wildman–Crippen MR) is 68.1 cm³/mol. The van der Waals surface area contributed by atoms with E-state index >= 15 is 0 Å². The predicted octanol–water partition coefficient (Wildman–Crippen LogP) is 3.98. The van der Waals surface area contributed by atoms with Crippen molar-refractivity contribution in [2.75, 3.05) is 13.1 Å². The smallest absolute Gasteiger partial charge is 0.00205 e. The van der Waals surface area contributed by atoms with Gasteiger partial charge in [0, 0.05) is 0 Å². The Labute approximate surface area is 96.0 Å². The molecule has 0 aliphatic heterocycles. The molecule has 0 spiro atoms. The molecule has 1 aliphatic rings. The number of nitrogens with one attached hydrogen (secondary N) is 1. The molecule has 0 amide bonds. The Morgan fingerprint density at radius 1 is 1.07 bits per heavy atom. The minimum atomic E-state index is 0.891. The Hall–Kier alpha value is -0.0400. The molecule has 0 atom stereocenters. The molecule has 1 heteroatoms. The lowest BCUT2D eigenvalue weighted by molar-refractivity contribution is 0.301. The monoisotopic (exact) mass is 211 g/mol. The molecule has 1 saturated carbocycles. The second-order valence-electron chi connectivity index (χ2n) is 5.60. The van der Waals surface area contributed by atoms with Crippen LogP contribution in [0.3, 0.4) is 0 Å². The molecule has 0 aromatic heterocycles. The normalized spacial score (nSPS) is 17.0. The summed E-state index contributed by atoms with van der Waals surface area (Å²) in [4.78, 5) is 0. The third-order valence-corrected chi connectivity index (χ3v) is 3.54. The largest absolute Gasteiger partial charge is 0.316 e. The zero-order valence-electron chi connectivity index (χ0n) is 10.7. The highest BCUT2D eigenvalue weighted by molar-refractivity contribution is 4.71. The van der Waals surface area contributed by atoms with Crippen molar-refractivity contribution in [2.24, 2.45) is 11.8 Å². The van der Waals surface area contributed by atoms with Crippen LogP contribution in [0.5, 0.6) is 0 Å². The van der Waals surface area contributed by atoms with Crippen molar-refractivity contribution >= 4 is 0 Å². The summed E-state index contributed by atoms with van der Waals surface area (Å²) in [5.41, 5.74) is 0. The Kier molecular flexibility index (Phi) is 7.08. The van der Waals surface area contributed by atoms with Crippen molar-refractivity contribution in [3.63, 3.8) is 0 Å². The van der Waals surface area contributed by atoms with Gasteiger partial charge in [-0.15, -0.1) is 0 Å². The lowest BCUT2D eigenvalue weighted by Crippen LogP contribution is -2.27. The van der Waals surface area contributed by atoms with Gasteiger partial charge in [-0.2, -0.15) is 0 Å². The highest BCUT2D eigenvalue weighted by Crippen LogP contribution is 2.25. The van der Waals surface area contributed by atoms with Gasteiger partial charge in [-0.25, -0.2) is 0 Å². The van der Waals surface area contributed by atoms with Crippen LogP contribution in [0.15, 0.2) is 0 Å². The van der Waals surface area contributed by atoms with Gasteiger partial charge in [-0.1, -0.05) is 46.0 Å². The summed E-state index contributed by atoms with van der Waals surface area (Å²) < 4.78 is 0. The van der Waals surface area contributed by atoms with E-state index in [2.05, 4.69) is 19.2 Å². The van der Waals surface area contributed by atoms with Gasteiger partial charge in [0.05, 0.1) is 0 Å². The lowest BCUT2D eigenvalue weighted by atomic mass is 9.85. The van der Waals surface area contributed by atoms with E-state index in [1.54, 1.807) is 0 Å². The summed E-state index contributed by atoms with van der Waals surface area (Å²) in [6.07, 6.45) is 11.5. The molecule has 1 aliphatic carbocycles. The van der Waals surface area contributed by atoms with Gasteiger partial charge >= 0.3 is 0 Å². The highest BCUT2D eigenvalue weighted by Gasteiger charge is 2.15. The van der Waals surface area contributed by atoms with Gasteiger partial charge in [-0.3, -0.25) is 0 Å². The average molecular weight is 211 g/mol. The Bertz CT molecular complexity index is 138. The van der Waals surface area contributed by atoms with Crippen LogP contribution in [-0.2, 0) is 0 Å². The zero-order chi connectivity index (χ0) is 10.9. The fourth-order valence-corrected chi connectivity index (χ4v) is 2.16. The third kappa shape index (κ3) is 6.94. The first-order chi connectivity index (χ1) is 7.29. The minimum absolute atomic E-state index is 0.891. The summed E-state index contributed by atoms with van der Waals surface area (Å²) in [5.74, 6) is 1.91. The van der Waals surface area contributed by atoms with E-state index in [0.29, 0.717) is 0 Å². The molecular weight excluding hydrogens is 182 g/mol. The molecule has 1 N–H and O–H groups in total. The molecule has 0 bridgehead atoms. The Balaban J connectivity index is 1.69. The molecule has 1 nitrogen and oxygen atoms in total. The molecule has 0 radical (unpaired) electrons. The fourth-order valence-electron chi connectivity index (χ4n) is 2.16. The van der Waals surface area contributed by atoms with Gasteiger partial charge < -0.3 is 5.32 Å².